The summed E-state index contributed by atoms with van der Waals surface area (Å²) in [5.74, 6) is -0.640. The number of hydrogen-bond donors (Lipinski definition) is 2. The SMILES string of the molecule is C[C@H](Nc1ncc2c(n1)O[C@@H](C(=O)NCc1ccc(OC(F)F)cc1)CC2)C(F)(F)F. The lowest BCUT2D eigenvalue weighted by molar-refractivity contribution is -0.138. The molecule has 0 unspecified atom stereocenters. The minimum absolute atomic E-state index is 0.00114. The first-order chi connectivity index (χ1) is 14.6. The van der Waals surface area contributed by atoms with Crippen molar-refractivity contribution in [3.63, 3.8) is 0 Å². The molecule has 1 aromatic carbocycles. The number of hydrogen-bond acceptors (Lipinski definition) is 6. The second kappa shape index (κ2) is 9.31. The van der Waals surface area contributed by atoms with Gasteiger partial charge in [-0.15, -0.1) is 0 Å². The van der Waals surface area contributed by atoms with Crippen molar-refractivity contribution in [2.75, 3.05) is 5.32 Å². The lowest BCUT2D eigenvalue weighted by atomic mass is 10.1. The molecule has 0 saturated heterocycles. The number of benzene rings is 1. The van der Waals surface area contributed by atoms with E-state index in [1.807, 2.05) is 0 Å². The van der Waals surface area contributed by atoms with E-state index in [-0.39, 0.29) is 24.1 Å². The van der Waals surface area contributed by atoms with E-state index in [0.717, 1.165) is 6.92 Å². The number of aryl methyl sites for hydroxylation is 1. The van der Waals surface area contributed by atoms with Crippen molar-refractivity contribution in [3.05, 3.63) is 41.6 Å². The zero-order chi connectivity index (χ0) is 22.6. The average Bonchev–Trinajstić information content (AvgIpc) is 2.71. The number of ether oxygens (including phenoxy) is 2. The van der Waals surface area contributed by atoms with Crippen molar-refractivity contribution in [2.24, 2.45) is 0 Å². The van der Waals surface area contributed by atoms with Crippen molar-refractivity contribution >= 4 is 11.9 Å². The summed E-state index contributed by atoms with van der Waals surface area (Å²) in [6.07, 6.45) is -3.22. The van der Waals surface area contributed by atoms with Gasteiger partial charge in [0, 0.05) is 18.3 Å². The van der Waals surface area contributed by atoms with E-state index in [0.29, 0.717) is 24.0 Å². The van der Waals surface area contributed by atoms with Crippen LogP contribution in [0, 0.1) is 0 Å². The molecule has 0 bridgehead atoms. The van der Waals surface area contributed by atoms with Crippen LogP contribution in [0.1, 0.15) is 24.5 Å². The zero-order valence-electron chi connectivity index (χ0n) is 16.2. The van der Waals surface area contributed by atoms with Gasteiger partial charge in [-0.3, -0.25) is 4.79 Å². The number of anilines is 1. The van der Waals surface area contributed by atoms with Crippen molar-refractivity contribution in [3.8, 4) is 11.6 Å². The Labute approximate surface area is 174 Å². The molecule has 0 saturated carbocycles. The van der Waals surface area contributed by atoms with Gasteiger partial charge in [-0.05, 0) is 37.5 Å². The van der Waals surface area contributed by atoms with E-state index in [2.05, 4.69) is 25.3 Å². The van der Waals surface area contributed by atoms with Crippen LogP contribution in [0.3, 0.4) is 0 Å². The summed E-state index contributed by atoms with van der Waals surface area (Å²) >= 11 is 0. The third-order valence-corrected chi connectivity index (χ3v) is 4.50. The lowest BCUT2D eigenvalue weighted by Crippen LogP contribution is -2.40. The molecule has 2 atom stereocenters. The summed E-state index contributed by atoms with van der Waals surface area (Å²) in [6.45, 7) is -1.86. The molecule has 1 amide bonds. The number of carbonyl (C=O) groups is 1. The summed E-state index contributed by atoms with van der Waals surface area (Å²) in [7, 11) is 0. The Morgan fingerprint density at radius 3 is 2.65 bits per heavy atom. The Balaban J connectivity index is 1.57. The number of rotatable bonds is 7. The summed E-state index contributed by atoms with van der Waals surface area (Å²) in [5, 5.41) is 4.82. The first-order valence-electron chi connectivity index (χ1n) is 9.29. The molecule has 2 N–H and O–H groups in total. The maximum atomic E-state index is 12.7. The van der Waals surface area contributed by atoms with Crippen LogP contribution in [0.4, 0.5) is 27.9 Å². The Kier molecular flexibility index (Phi) is 6.76. The van der Waals surface area contributed by atoms with Crippen molar-refractivity contribution < 1.29 is 36.2 Å². The van der Waals surface area contributed by atoms with Crippen LogP contribution in [0.25, 0.3) is 0 Å². The normalized spacial score (nSPS) is 16.8. The Bertz CT molecular complexity index is 908. The van der Waals surface area contributed by atoms with Crippen LogP contribution in [-0.2, 0) is 17.8 Å². The highest BCUT2D eigenvalue weighted by molar-refractivity contribution is 5.81. The fraction of sp³-hybridized carbons (Fsp3) is 0.421. The third-order valence-electron chi connectivity index (χ3n) is 4.50. The molecule has 0 fully saturated rings. The maximum Gasteiger partial charge on any atom is 0.408 e. The molecular weight excluding hydrogens is 427 g/mol. The van der Waals surface area contributed by atoms with Crippen LogP contribution in [0.15, 0.2) is 30.5 Å². The molecule has 0 aliphatic carbocycles. The van der Waals surface area contributed by atoms with Gasteiger partial charge in [-0.2, -0.15) is 26.9 Å². The van der Waals surface area contributed by atoms with E-state index in [1.54, 1.807) is 0 Å². The van der Waals surface area contributed by atoms with E-state index in [1.165, 1.54) is 30.5 Å². The van der Waals surface area contributed by atoms with Gasteiger partial charge in [-0.25, -0.2) is 4.98 Å². The highest BCUT2D eigenvalue weighted by atomic mass is 19.4. The minimum atomic E-state index is -4.47. The summed E-state index contributed by atoms with van der Waals surface area (Å²) in [5.41, 5.74) is 1.24. The molecule has 1 aliphatic rings. The van der Waals surface area contributed by atoms with Crippen LogP contribution < -0.4 is 20.1 Å². The molecule has 2 heterocycles. The van der Waals surface area contributed by atoms with Gasteiger partial charge in [-0.1, -0.05) is 12.1 Å². The van der Waals surface area contributed by atoms with Crippen molar-refractivity contribution in [1.29, 1.82) is 0 Å². The summed E-state index contributed by atoms with van der Waals surface area (Å²) in [4.78, 5) is 20.2. The highest BCUT2D eigenvalue weighted by Crippen LogP contribution is 2.28. The molecule has 168 valence electrons. The fourth-order valence-corrected chi connectivity index (χ4v) is 2.77. The Morgan fingerprint density at radius 1 is 1.29 bits per heavy atom. The molecule has 1 aliphatic heterocycles. The van der Waals surface area contributed by atoms with E-state index >= 15 is 0 Å². The second-order valence-corrected chi connectivity index (χ2v) is 6.82. The average molecular weight is 446 g/mol. The van der Waals surface area contributed by atoms with Gasteiger partial charge in [0.15, 0.2) is 6.10 Å². The van der Waals surface area contributed by atoms with Crippen LogP contribution in [0.5, 0.6) is 11.6 Å². The fourth-order valence-electron chi connectivity index (χ4n) is 2.77. The van der Waals surface area contributed by atoms with Crippen LogP contribution in [0.2, 0.25) is 0 Å². The number of carbonyl (C=O) groups excluding carboxylic acids is 1. The molecule has 2 aromatic rings. The number of amides is 1. The summed E-state index contributed by atoms with van der Waals surface area (Å²) in [6, 6.07) is 3.91. The number of halogens is 5. The number of aromatic nitrogens is 2. The van der Waals surface area contributed by atoms with E-state index in [4.69, 9.17) is 4.74 Å². The smallest absolute Gasteiger partial charge is 0.408 e. The molecule has 31 heavy (non-hydrogen) atoms. The Hall–Kier alpha value is -3.18. The standard InChI is InChI=1S/C19H19F5N4O3/c1-10(19(22,23)24)27-18-26-9-12-4-7-14(31-16(12)28-18)15(29)25-8-11-2-5-13(6-3-11)30-17(20)21/h2-3,5-6,9-10,14,17H,4,7-8H2,1H3,(H,25,29)(H,26,27,28)/t10-,14+/m0/s1. The number of fused-ring (bicyclic) bond motifs is 1. The molecule has 0 spiro atoms. The predicted molar refractivity (Wildman–Crippen MR) is 98.8 cm³/mol. The molecule has 3 rings (SSSR count). The van der Waals surface area contributed by atoms with Gasteiger partial charge in [0.2, 0.25) is 11.8 Å². The largest absolute Gasteiger partial charge is 0.464 e. The molecule has 12 heteroatoms. The maximum absolute atomic E-state index is 12.7. The van der Waals surface area contributed by atoms with Gasteiger partial charge in [0.1, 0.15) is 11.8 Å². The van der Waals surface area contributed by atoms with Gasteiger partial charge in [0.25, 0.3) is 5.91 Å². The predicted octanol–water partition coefficient (Wildman–Crippen LogP) is 3.45. The minimum Gasteiger partial charge on any atom is -0.464 e. The van der Waals surface area contributed by atoms with Crippen molar-refractivity contribution in [2.45, 2.75) is 51.2 Å². The van der Waals surface area contributed by atoms with Crippen LogP contribution >= 0.6 is 0 Å². The van der Waals surface area contributed by atoms with Crippen molar-refractivity contribution in [1.82, 2.24) is 15.3 Å². The van der Waals surface area contributed by atoms with E-state index < -0.39 is 30.8 Å². The first kappa shape index (κ1) is 22.5. The second-order valence-electron chi connectivity index (χ2n) is 6.82. The molecule has 7 nitrogen and oxygen atoms in total. The lowest BCUT2D eigenvalue weighted by Gasteiger charge is -2.25. The van der Waals surface area contributed by atoms with Gasteiger partial charge < -0.3 is 20.1 Å². The number of alkyl halides is 5. The zero-order valence-corrected chi connectivity index (χ0v) is 16.2. The van der Waals surface area contributed by atoms with Gasteiger partial charge >= 0.3 is 12.8 Å². The van der Waals surface area contributed by atoms with Gasteiger partial charge in [0.05, 0.1) is 0 Å². The first-order valence-corrected chi connectivity index (χ1v) is 9.29. The molecule has 0 radical (unpaired) electrons. The van der Waals surface area contributed by atoms with E-state index in [9.17, 15) is 26.7 Å². The quantitative estimate of drug-likeness (QED) is 0.634. The number of nitrogens with one attached hydrogen (secondary N) is 2. The monoisotopic (exact) mass is 446 g/mol. The molecular formula is C19H19F5N4O3. The summed E-state index contributed by atoms with van der Waals surface area (Å²) < 4.78 is 72.3. The topological polar surface area (TPSA) is 85.4 Å². The Morgan fingerprint density at radius 2 is 2.00 bits per heavy atom. The van der Waals surface area contributed by atoms with Crippen LogP contribution in [-0.4, -0.2) is 40.8 Å². The molecule has 1 aromatic heterocycles. The number of nitrogens with zero attached hydrogens (tertiary/aromatic N) is 2. The highest BCUT2D eigenvalue weighted by Gasteiger charge is 2.36. The third kappa shape index (κ3) is 6.15.